The third-order valence-electron chi connectivity index (χ3n) is 1.99. The van der Waals surface area contributed by atoms with Crippen molar-refractivity contribution >= 4 is 11.7 Å². The van der Waals surface area contributed by atoms with Crippen LogP contribution in [-0.4, -0.2) is 55.2 Å². The summed E-state index contributed by atoms with van der Waals surface area (Å²) in [5.74, 6) is 0.446. The molecule has 0 aromatic carbocycles. The van der Waals surface area contributed by atoms with Crippen LogP contribution in [0, 0.1) is 0 Å². The van der Waals surface area contributed by atoms with Gasteiger partial charge in [0.2, 0.25) is 0 Å². The third kappa shape index (κ3) is 3.82. The molecule has 88 valence electrons. The van der Waals surface area contributed by atoms with Gasteiger partial charge in [-0.05, 0) is 26.2 Å². The van der Waals surface area contributed by atoms with Gasteiger partial charge in [0.15, 0.2) is 5.69 Å². The average molecular weight is 223 g/mol. The Balaban J connectivity index is 2.48. The predicted octanol–water partition coefficient (Wildman–Crippen LogP) is -0.190. The number of nitrogens with one attached hydrogen (secondary N) is 2. The summed E-state index contributed by atoms with van der Waals surface area (Å²) in [6, 6.07) is 3.39. The molecule has 0 aliphatic heterocycles. The van der Waals surface area contributed by atoms with Crippen LogP contribution in [0.25, 0.3) is 0 Å². The van der Waals surface area contributed by atoms with Crippen molar-refractivity contribution in [3.8, 4) is 0 Å². The SMILES string of the molecule is CNC(=O)c1ccc(NCCN(C)C)nn1. The fourth-order valence-electron chi connectivity index (χ4n) is 1.08. The Hall–Kier alpha value is -1.69. The number of hydrogen-bond acceptors (Lipinski definition) is 5. The van der Waals surface area contributed by atoms with Gasteiger partial charge in [0.05, 0.1) is 0 Å². The molecule has 0 saturated heterocycles. The number of nitrogens with zero attached hydrogens (tertiary/aromatic N) is 3. The van der Waals surface area contributed by atoms with Gasteiger partial charge in [0.25, 0.3) is 5.91 Å². The largest absolute Gasteiger partial charge is 0.367 e. The van der Waals surface area contributed by atoms with E-state index in [-0.39, 0.29) is 5.91 Å². The van der Waals surface area contributed by atoms with Crippen LogP contribution in [0.15, 0.2) is 12.1 Å². The van der Waals surface area contributed by atoms with E-state index in [0.29, 0.717) is 11.5 Å². The van der Waals surface area contributed by atoms with Crippen molar-refractivity contribution < 1.29 is 4.79 Å². The fraction of sp³-hybridized carbons (Fsp3) is 0.500. The molecule has 1 rings (SSSR count). The Morgan fingerprint density at radius 2 is 2.12 bits per heavy atom. The highest BCUT2D eigenvalue weighted by Gasteiger charge is 2.04. The lowest BCUT2D eigenvalue weighted by Gasteiger charge is -2.10. The first-order valence-corrected chi connectivity index (χ1v) is 5.08. The van der Waals surface area contributed by atoms with Gasteiger partial charge < -0.3 is 15.5 Å². The van der Waals surface area contributed by atoms with Gasteiger partial charge in [0.1, 0.15) is 5.82 Å². The Morgan fingerprint density at radius 3 is 2.62 bits per heavy atom. The summed E-state index contributed by atoms with van der Waals surface area (Å²) >= 11 is 0. The maximum atomic E-state index is 11.2. The highest BCUT2D eigenvalue weighted by Crippen LogP contribution is 2.01. The summed E-state index contributed by atoms with van der Waals surface area (Å²) in [5, 5.41) is 13.3. The Labute approximate surface area is 95.0 Å². The van der Waals surface area contributed by atoms with Gasteiger partial charge in [0, 0.05) is 20.1 Å². The molecule has 0 fully saturated rings. The van der Waals surface area contributed by atoms with E-state index in [1.54, 1.807) is 19.2 Å². The molecule has 6 nitrogen and oxygen atoms in total. The molecule has 1 heterocycles. The Bertz CT molecular complexity index is 336. The van der Waals surface area contributed by atoms with E-state index in [1.807, 2.05) is 14.1 Å². The number of hydrogen-bond donors (Lipinski definition) is 2. The van der Waals surface area contributed by atoms with E-state index in [2.05, 4.69) is 25.7 Å². The van der Waals surface area contributed by atoms with Gasteiger partial charge in [-0.15, -0.1) is 10.2 Å². The van der Waals surface area contributed by atoms with E-state index in [9.17, 15) is 4.79 Å². The fourth-order valence-corrected chi connectivity index (χ4v) is 1.08. The average Bonchev–Trinajstić information content (AvgIpc) is 2.28. The molecule has 1 aromatic heterocycles. The molecule has 0 radical (unpaired) electrons. The molecule has 1 aromatic rings. The summed E-state index contributed by atoms with van der Waals surface area (Å²) in [6.07, 6.45) is 0. The molecule has 16 heavy (non-hydrogen) atoms. The highest BCUT2D eigenvalue weighted by atomic mass is 16.1. The summed E-state index contributed by atoms with van der Waals surface area (Å²) in [6.45, 7) is 1.71. The zero-order valence-corrected chi connectivity index (χ0v) is 9.82. The van der Waals surface area contributed by atoms with Crippen molar-refractivity contribution in [2.75, 3.05) is 39.5 Å². The maximum absolute atomic E-state index is 11.2. The van der Waals surface area contributed by atoms with Crippen LogP contribution in [0.3, 0.4) is 0 Å². The number of amides is 1. The summed E-state index contributed by atoms with van der Waals surface area (Å²) in [5.41, 5.74) is 0.320. The monoisotopic (exact) mass is 223 g/mol. The molecule has 0 aliphatic rings. The van der Waals surface area contributed by atoms with Crippen LogP contribution in [0.2, 0.25) is 0 Å². The molecule has 0 saturated carbocycles. The predicted molar refractivity (Wildman–Crippen MR) is 62.5 cm³/mol. The van der Waals surface area contributed by atoms with Crippen LogP contribution in [0.5, 0.6) is 0 Å². The number of anilines is 1. The molecule has 2 N–H and O–H groups in total. The van der Waals surface area contributed by atoms with Crippen molar-refractivity contribution in [2.24, 2.45) is 0 Å². The van der Waals surface area contributed by atoms with E-state index < -0.39 is 0 Å². The molecule has 0 unspecified atom stereocenters. The number of carbonyl (C=O) groups excluding carboxylic acids is 1. The van der Waals surface area contributed by atoms with Crippen LogP contribution < -0.4 is 10.6 Å². The van der Waals surface area contributed by atoms with Gasteiger partial charge >= 0.3 is 0 Å². The highest BCUT2D eigenvalue weighted by molar-refractivity contribution is 5.91. The first-order valence-electron chi connectivity index (χ1n) is 5.08. The van der Waals surface area contributed by atoms with E-state index in [0.717, 1.165) is 13.1 Å². The van der Waals surface area contributed by atoms with E-state index in [1.165, 1.54) is 0 Å². The topological polar surface area (TPSA) is 70.2 Å². The Kier molecular flexibility index (Phi) is 4.65. The summed E-state index contributed by atoms with van der Waals surface area (Å²) in [4.78, 5) is 13.3. The van der Waals surface area contributed by atoms with Gasteiger partial charge in [-0.3, -0.25) is 4.79 Å². The molecule has 0 atom stereocenters. The second kappa shape index (κ2) is 6.02. The van der Waals surface area contributed by atoms with Crippen LogP contribution >= 0.6 is 0 Å². The lowest BCUT2D eigenvalue weighted by molar-refractivity contribution is 0.0957. The molecular formula is C10H17N5O. The molecular weight excluding hydrogens is 206 g/mol. The summed E-state index contributed by atoms with van der Waals surface area (Å²) in [7, 11) is 5.57. The second-order valence-electron chi connectivity index (χ2n) is 3.61. The minimum absolute atomic E-state index is 0.229. The van der Waals surface area contributed by atoms with E-state index in [4.69, 9.17) is 0 Å². The lowest BCUT2D eigenvalue weighted by Crippen LogP contribution is -2.22. The number of likely N-dealkylation sites (N-methyl/N-ethyl adjacent to an activating group) is 1. The first-order chi connectivity index (χ1) is 7.63. The first kappa shape index (κ1) is 12.4. The molecule has 0 bridgehead atoms. The van der Waals surface area contributed by atoms with Gasteiger partial charge in [-0.2, -0.15) is 0 Å². The van der Waals surface area contributed by atoms with Gasteiger partial charge in [-0.25, -0.2) is 0 Å². The number of carbonyl (C=O) groups is 1. The zero-order valence-electron chi connectivity index (χ0n) is 9.82. The Morgan fingerprint density at radius 1 is 1.38 bits per heavy atom. The standard InChI is InChI=1S/C10H17N5O/c1-11-10(16)8-4-5-9(14-13-8)12-6-7-15(2)3/h4-5H,6-7H2,1-3H3,(H,11,16)(H,12,14). The zero-order chi connectivity index (χ0) is 12.0. The molecule has 1 amide bonds. The number of aromatic nitrogens is 2. The van der Waals surface area contributed by atoms with Crippen LogP contribution in [-0.2, 0) is 0 Å². The minimum atomic E-state index is -0.229. The van der Waals surface area contributed by atoms with Crippen molar-refractivity contribution in [2.45, 2.75) is 0 Å². The second-order valence-corrected chi connectivity index (χ2v) is 3.61. The minimum Gasteiger partial charge on any atom is -0.367 e. The summed E-state index contributed by atoms with van der Waals surface area (Å²) < 4.78 is 0. The van der Waals surface area contributed by atoms with Crippen molar-refractivity contribution in [1.29, 1.82) is 0 Å². The van der Waals surface area contributed by atoms with E-state index >= 15 is 0 Å². The van der Waals surface area contributed by atoms with Crippen molar-refractivity contribution in [3.05, 3.63) is 17.8 Å². The van der Waals surface area contributed by atoms with Gasteiger partial charge in [-0.1, -0.05) is 0 Å². The smallest absolute Gasteiger partial charge is 0.271 e. The lowest BCUT2D eigenvalue weighted by atomic mass is 10.3. The number of rotatable bonds is 5. The molecule has 0 spiro atoms. The van der Waals surface area contributed by atoms with Crippen LogP contribution in [0.4, 0.5) is 5.82 Å². The quantitative estimate of drug-likeness (QED) is 0.724. The molecule has 0 aliphatic carbocycles. The maximum Gasteiger partial charge on any atom is 0.271 e. The van der Waals surface area contributed by atoms with Crippen LogP contribution in [0.1, 0.15) is 10.5 Å². The normalized spacial score (nSPS) is 10.2. The third-order valence-corrected chi connectivity index (χ3v) is 1.99. The van der Waals surface area contributed by atoms with Crippen molar-refractivity contribution in [1.82, 2.24) is 20.4 Å². The van der Waals surface area contributed by atoms with Crippen molar-refractivity contribution in [3.63, 3.8) is 0 Å². The molecule has 6 heteroatoms.